The highest BCUT2D eigenvalue weighted by atomic mass is 16.5. The van der Waals surface area contributed by atoms with Crippen LogP contribution in [0.25, 0.3) is 0 Å². The topological polar surface area (TPSA) is 50.1 Å². The Morgan fingerprint density at radius 3 is 2.75 bits per heavy atom. The highest BCUT2D eigenvalue weighted by Crippen LogP contribution is 1.99. The Hall–Kier alpha value is -1.04. The summed E-state index contributed by atoms with van der Waals surface area (Å²) in [6.07, 6.45) is 4.22. The molecule has 0 spiro atoms. The van der Waals surface area contributed by atoms with E-state index in [1.165, 1.54) is 12.8 Å². The van der Waals surface area contributed by atoms with Crippen LogP contribution in [0.5, 0.6) is 0 Å². The second-order valence-corrected chi connectivity index (χ2v) is 2.62. The van der Waals surface area contributed by atoms with Gasteiger partial charge in [0.2, 0.25) is 0 Å². The van der Waals surface area contributed by atoms with Gasteiger partial charge < -0.3 is 4.74 Å². The van der Waals surface area contributed by atoms with Crippen LogP contribution in [0, 0.1) is 11.3 Å². The minimum Gasteiger partial charge on any atom is -0.465 e. The van der Waals surface area contributed by atoms with Crippen LogP contribution in [0.3, 0.4) is 0 Å². The van der Waals surface area contributed by atoms with E-state index in [4.69, 9.17) is 10.00 Å². The van der Waals surface area contributed by atoms with Crippen LogP contribution < -0.4 is 0 Å². The molecule has 0 saturated heterocycles. The van der Waals surface area contributed by atoms with Crippen LogP contribution in [0.2, 0.25) is 0 Å². The minimum atomic E-state index is -0.408. The zero-order valence-electron chi connectivity index (χ0n) is 7.51. The smallest absolute Gasteiger partial charge is 0.320 e. The number of unbranched alkanes of at least 4 members (excludes halogenated alkanes) is 3. The Labute approximate surface area is 73.3 Å². The lowest BCUT2D eigenvalue weighted by molar-refractivity contribution is -0.142. The molecular formula is C9H15NO2. The third kappa shape index (κ3) is 7.07. The lowest BCUT2D eigenvalue weighted by Crippen LogP contribution is -2.04. The molecule has 0 atom stereocenters. The maximum absolute atomic E-state index is 10.6. The van der Waals surface area contributed by atoms with Crippen molar-refractivity contribution < 1.29 is 9.53 Å². The van der Waals surface area contributed by atoms with E-state index in [0.29, 0.717) is 6.61 Å². The molecule has 68 valence electrons. The Morgan fingerprint density at radius 2 is 2.17 bits per heavy atom. The van der Waals surface area contributed by atoms with Gasteiger partial charge in [-0.25, -0.2) is 0 Å². The van der Waals surface area contributed by atoms with Gasteiger partial charge in [-0.2, -0.15) is 5.26 Å². The first-order valence-corrected chi connectivity index (χ1v) is 4.33. The number of hydrogen-bond acceptors (Lipinski definition) is 3. The monoisotopic (exact) mass is 169 g/mol. The van der Waals surface area contributed by atoms with Crippen molar-refractivity contribution in [3.63, 3.8) is 0 Å². The van der Waals surface area contributed by atoms with Gasteiger partial charge in [0.05, 0.1) is 12.7 Å². The number of nitriles is 1. The molecule has 0 unspecified atom stereocenters. The summed E-state index contributed by atoms with van der Waals surface area (Å²) in [5, 5.41) is 8.13. The molecule has 12 heavy (non-hydrogen) atoms. The highest BCUT2D eigenvalue weighted by molar-refractivity contribution is 5.71. The third-order valence-corrected chi connectivity index (χ3v) is 1.48. The summed E-state index contributed by atoms with van der Waals surface area (Å²) in [4.78, 5) is 10.6. The van der Waals surface area contributed by atoms with Crippen LogP contribution in [0.15, 0.2) is 0 Å². The van der Waals surface area contributed by atoms with E-state index in [9.17, 15) is 4.79 Å². The average molecular weight is 169 g/mol. The molecule has 0 heterocycles. The molecule has 0 amide bonds. The van der Waals surface area contributed by atoms with E-state index >= 15 is 0 Å². The van der Waals surface area contributed by atoms with Crippen LogP contribution in [-0.2, 0) is 9.53 Å². The predicted octanol–water partition coefficient (Wildman–Crippen LogP) is 2.02. The normalized spacial score (nSPS) is 9.00. The van der Waals surface area contributed by atoms with E-state index in [1.54, 1.807) is 6.07 Å². The van der Waals surface area contributed by atoms with E-state index < -0.39 is 5.97 Å². The average Bonchev–Trinajstić information content (AvgIpc) is 2.05. The zero-order valence-corrected chi connectivity index (χ0v) is 7.51. The molecule has 0 aromatic carbocycles. The molecule has 0 aliphatic heterocycles. The van der Waals surface area contributed by atoms with Gasteiger partial charge in [0.15, 0.2) is 0 Å². The molecule has 0 fully saturated rings. The van der Waals surface area contributed by atoms with Crippen LogP contribution in [0.1, 0.15) is 39.0 Å². The molecule has 3 nitrogen and oxygen atoms in total. The standard InChI is InChI=1S/C9H15NO2/c1-2-3-4-5-8-12-9(11)6-7-10/h2-6,8H2,1H3. The van der Waals surface area contributed by atoms with Crippen molar-refractivity contribution in [3.05, 3.63) is 0 Å². The second kappa shape index (κ2) is 8.06. The fourth-order valence-corrected chi connectivity index (χ4v) is 0.830. The molecule has 0 saturated carbocycles. The number of carbonyl (C=O) groups excluding carboxylic acids is 1. The summed E-state index contributed by atoms with van der Waals surface area (Å²) in [7, 11) is 0. The van der Waals surface area contributed by atoms with Crippen molar-refractivity contribution in [2.45, 2.75) is 39.0 Å². The van der Waals surface area contributed by atoms with Crippen LogP contribution >= 0.6 is 0 Å². The quantitative estimate of drug-likeness (QED) is 0.451. The first kappa shape index (κ1) is 11.0. The summed E-state index contributed by atoms with van der Waals surface area (Å²) in [5.41, 5.74) is 0. The fourth-order valence-electron chi connectivity index (χ4n) is 0.830. The van der Waals surface area contributed by atoms with Gasteiger partial charge in [-0.15, -0.1) is 0 Å². The maximum atomic E-state index is 10.6. The lowest BCUT2D eigenvalue weighted by atomic mass is 10.2. The van der Waals surface area contributed by atoms with Crippen LogP contribution in [-0.4, -0.2) is 12.6 Å². The minimum absolute atomic E-state index is 0.131. The number of carbonyl (C=O) groups is 1. The second-order valence-electron chi connectivity index (χ2n) is 2.62. The fraction of sp³-hybridized carbons (Fsp3) is 0.778. The molecule has 0 aromatic heterocycles. The molecule has 0 bridgehead atoms. The van der Waals surface area contributed by atoms with Crippen molar-refractivity contribution in [2.75, 3.05) is 6.61 Å². The van der Waals surface area contributed by atoms with Gasteiger partial charge in [-0.05, 0) is 6.42 Å². The molecule has 0 N–H and O–H groups in total. The van der Waals surface area contributed by atoms with E-state index in [2.05, 4.69) is 6.92 Å². The summed E-state index contributed by atoms with van der Waals surface area (Å²) >= 11 is 0. The van der Waals surface area contributed by atoms with Crippen molar-refractivity contribution in [3.8, 4) is 6.07 Å². The van der Waals surface area contributed by atoms with Crippen molar-refractivity contribution in [2.24, 2.45) is 0 Å². The van der Waals surface area contributed by atoms with Crippen molar-refractivity contribution in [1.29, 1.82) is 5.26 Å². The van der Waals surface area contributed by atoms with E-state index in [1.807, 2.05) is 0 Å². The summed E-state index contributed by atoms with van der Waals surface area (Å²) in [6.45, 7) is 2.59. The van der Waals surface area contributed by atoms with Crippen molar-refractivity contribution >= 4 is 5.97 Å². The summed E-state index contributed by atoms with van der Waals surface area (Å²) in [6, 6.07) is 1.74. The Kier molecular flexibility index (Phi) is 7.36. The molecule has 0 aromatic rings. The molecule has 0 rings (SSSR count). The summed E-state index contributed by atoms with van der Waals surface area (Å²) in [5.74, 6) is -0.408. The Balaban J connectivity index is 3.10. The predicted molar refractivity (Wildman–Crippen MR) is 45.3 cm³/mol. The lowest BCUT2D eigenvalue weighted by Gasteiger charge is -2.00. The van der Waals surface area contributed by atoms with Gasteiger partial charge in [-0.3, -0.25) is 4.79 Å². The molecule has 0 aliphatic carbocycles. The first-order chi connectivity index (χ1) is 5.81. The maximum Gasteiger partial charge on any atom is 0.320 e. The number of esters is 1. The molecule has 3 heteroatoms. The molecular weight excluding hydrogens is 154 g/mol. The van der Waals surface area contributed by atoms with Crippen molar-refractivity contribution in [1.82, 2.24) is 0 Å². The van der Waals surface area contributed by atoms with E-state index in [-0.39, 0.29) is 6.42 Å². The highest BCUT2D eigenvalue weighted by Gasteiger charge is 1.99. The SMILES string of the molecule is CCCCCCOC(=O)CC#N. The number of ether oxygens (including phenoxy) is 1. The number of rotatable bonds is 6. The third-order valence-electron chi connectivity index (χ3n) is 1.48. The van der Waals surface area contributed by atoms with Gasteiger partial charge >= 0.3 is 5.97 Å². The summed E-state index contributed by atoms with van der Waals surface area (Å²) < 4.78 is 4.77. The van der Waals surface area contributed by atoms with E-state index in [0.717, 1.165) is 12.8 Å². The van der Waals surface area contributed by atoms with Gasteiger partial charge in [0, 0.05) is 0 Å². The van der Waals surface area contributed by atoms with Gasteiger partial charge in [0.25, 0.3) is 0 Å². The number of nitrogens with zero attached hydrogens (tertiary/aromatic N) is 1. The van der Waals surface area contributed by atoms with Crippen LogP contribution in [0.4, 0.5) is 0 Å². The Bertz CT molecular complexity index is 160. The number of hydrogen-bond donors (Lipinski definition) is 0. The molecule has 0 radical (unpaired) electrons. The van der Waals surface area contributed by atoms with Gasteiger partial charge in [-0.1, -0.05) is 26.2 Å². The Morgan fingerprint density at radius 1 is 1.42 bits per heavy atom. The zero-order chi connectivity index (χ0) is 9.23. The largest absolute Gasteiger partial charge is 0.465 e. The first-order valence-electron chi connectivity index (χ1n) is 4.33. The molecule has 0 aliphatic rings. The van der Waals surface area contributed by atoms with Gasteiger partial charge in [0.1, 0.15) is 6.42 Å².